The third kappa shape index (κ3) is 1.45. The molecular weight excluding hydrogens is 162 g/mol. The molecule has 0 fully saturated rings. The van der Waals surface area contributed by atoms with Crippen molar-refractivity contribution in [2.75, 3.05) is 0 Å². The molecule has 2 aromatic rings. The number of allylic oxidation sites excluding steroid dienone is 1. The first-order valence-corrected chi connectivity index (χ1v) is 4.20. The van der Waals surface area contributed by atoms with Crippen molar-refractivity contribution >= 4 is 11.0 Å². The fourth-order valence-electron chi connectivity index (χ4n) is 1.29. The van der Waals surface area contributed by atoms with Gasteiger partial charge in [0.2, 0.25) is 0 Å². The zero-order chi connectivity index (χ0) is 9.26. The van der Waals surface area contributed by atoms with Crippen LogP contribution in [0.5, 0.6) is 0 Å². The van der Waals surface area contributed by atoms with Crippen LogP contribution in [0.3, 0.4) is 0 Å². The predicted molar refractivity (Wildman–Crippen MR) is 52.3 cm³/mol. The quantitative estimate of drug-likeness (QED) is 0.650. The van der Waals surface area contributed by atoms with Gasteiger partial charge in [0.25, 0.3) is 0 Å². The van der Waals surface area contributed by atoms with E-state index in [0.29, 0.717) is 0 Å². The summed E-state index contributed by atoms with van der Waals surface area (Å²) in [7, 11) is 0. The Kier molecular flexibility index (Phi) is 1.85. The maximum Gasteiger partial charge on any atom is 0.113 e. The third-order valence-corrected chi connectivity index (χ3v) is 1.84. The van der Waals surface area contributed by atoms with Gasteiger partial charge in [0.05, 0.1) is 12.1 Å². The monoisotopic (exact) mass is 173 g/mol. The smallest absolute Gasteiger partial charge is 0.113 e. The summed E-state index contributed by atoms with van der Waals surface area (Å²) in [5, 5.41) is 8.08. The number of hydrogen-bond donors (Lipinski definition) is 0. The second-order valence-corrected chi connectivity index (χ2v) is 3.19. The summed E-state index contributed by atoms with van der Waals surface area (Å²) >= 11 is 0. The van der Waals surface area contributed by atoms with Crippen molar-refractivity contribution in [2.45, 2.75) is 13.5 Å². The lowest BCUT2D eigenvalue weighted by Gasteiger charge is -1.99. The number of aromatic nitrogens is 3. The fraction of sp³-hybridized carbons (Fsp3) is 0.200. The van der Waals surface area contributed by atoms with Gasteiger partial charge in [-0.05, 0) is 19.1 Å². The molecule has 0 atom stereocenters. The highest BCUT2D eigenvalue weighted by Crippen LogP contribution is 2.10. The van der Waals surface area contributed by atoms with Crippen molar-refractivity contribution in [2.24, 2.45) is 0 Å². The highest BCUT2D eigenvalue weighted by atomic mass is 15.4. The van der Waals surface area contributed by atoms with Crippen LogP contribution in [-0.4, -0.2) is 15.0 Å². The third-order valence-electron chi connectivity index (χ3n) is 1.84. The van der Waals surface area contributed by atoms with E-state index >= 15 is 0 Å². The van der Waals surface area contributed by atoms with E-state index in [1.807, 2.05) is 35.9 Å². The number of nitrogens with zero attached hydrogens (tertiary/aromatic N) is 3. The first-order valence-electron chi connectivity index (χ1n) is 4.20. The van der Waals surface area contributed by atoms with Crippen LogP contribution in [0.15, 0.2) is 36.4 Å². The summed E-state index contributed by atoms with van der Waals surface area (Å²) in [5.74, 6) is 0. The minimum atomic E-state index is 0.737. The van der Waals surface area contributed by atoms with Gasteiger partial charge in [0.1, 0.15) is 5.52 Å². The van der Waals surface area contributed by atoms with E-state index in [1.165, 1.54) is 0 Å². The Balaban J connectivity index is 2.51. The standard InChI is InChI=1S/C10H11N3/c1-8(2)7-13-10-6-4-3-5-9(10)11-12-13/h3-6H,1,7H2,2H3. The lowest BCUT2D eigenvalue weighted by Crippen LogP contribution is -2.00. The Morgan fingerprint density at radius 2 is 2.23 bits per heavy atom. The fourth-order valence-corrected chi connectivity index (χ4v) is 1.29. The van der Waals surface area contributed by atoms with Gasteiger partial charge in [-0.15, -0.1) is 5.10 Å². The van der Waals surface area contributed by atoms with Gasteiger partial charge in [-0.25, -0.2) is 4.68 Å². The molecule has 0 unspecified atom stereocenters. The number of benzene rings is 1. The molecule has 0 spiro atoms. The van der Waals surface area contributed by atoms with E-state index in [2.05, 4.69) is 16.9 Å². The van der Waals surface area contributed by atoms with Gasteiger partial charge < -0.3 is 0 Å². The molecule has 2 rings (SSSR count). The van der Waals surface area contributed by atoms with Crippen LogP contribution in [0, 0.1) is 0 Å². The van der Waals surface area contributed by atoms with Crippen LogP contribution >= 0.6 is 0 Å². The highest BCUT2D eigenvalue weighted by Gasteiger charge is 2.01. The molecule has 0 saturated heterocycles. The molecule has 66 valence electrons. The molecule has 0 aliphatic carbocycles. The van der Waals surface area contributed by atoms with E-state index in [1.54, 1.807) is 0 Å². The molecular formula is C10H11N3. The molecule has 0 saturated carbocycles. The van der Waals surface area contributed by atoms with Gasteiger partial charge >= 0.3 is 0 Å². The van der Waals surface area contributed by atoms with Gasteiger partial charge in [0.15, 0.2) is 0 Å². The van der Waals surface area contributed by atoms with E-state index in [9.17, 15) is 0 Å². The molecule has 0 N–H and O–H groups in total. The van der Waals surface area contributed by atoms with Crippen LogP contribution in [-0.2, 0) is 6.54 Å². The van der Waals surface area contributed by atoms with Crippen molar-refractivity contribution in [1.82, 2.24) is 15.0 Å². The summed E-state index contributed by atoms with van der Waals surface area (Å²) in [5.41, 5.74) is 3.07. The van der Waals surface area contributed by atoms with Crippen molar-refractivity contribution in [3.8, 4) is 0 Å². The Labute approximate surface area is 76.7 Å². The summed E-state index contributed by atoms with van der Waals surface area (Å²) < 4.78 is 1.86. The molecule has 0 radical (unpaired) electrons. The number of hydrogen-bond acceptors (Lipinski definition) is 2. The lowest BCUT2D eigenvalue weighted by atomic mass is 10.3. The normalized spacial score (nSPS) is 10.5. The largest absolute Gasteiger partial charge is 0.241 e. The zero-order valence-electron chi connectivity index (χ0n) is 7.57. The molecule has 1 aromatic carbocycles. The maximum absolute atomic E-state index is 4.04. The van der Waals surface area contributed by atoms with Crippen molar-refractivity contribution in [3.63, 3.8) is 0 Å². The second-order valence-electron chi connectivity index (χ2n) is 3.19. The van der Waals surface area contributed by atoms with Crippen LogP contribution in [0.25, 0.3) is 11.0 Å². The zero-order valence-corrected chi connectivity index (χ0v) is 7.57. The van der Waals surface area contributed by atoms with Crippen molar-refractivity contribution in [3.05, 3.63) is 36.4 Å². The molecule has 0 aliphatic rings. The first-order chi connectivity index (χ1) is 6.27. The molecule has 1 heterocycles. The summed E-state index contributed by atoms with van der Waals surface area (Å²) in [6.45, 7) is 6.57. The Morgan fingerprint density at radius 1 is 1.46 bits per heavy atom. The lowest BCUT2D eigenvalue weighted by molar-refractivity contribution is 0.663. The minimum Gasteiger partial charge on any atom is -0.241 e. The molecule has 0 bridgehead atoms. The first kappa shape index (κ1) is 7.98. The Hall–Kier alpha value is -1.64. The average Bonchev–Trinajstić information content (AvgIpc) is 2.48. The van der Waals surface area contributed by atoms with Crippen LogP contribution in [0.1, 0.15) is 6.92 Å². The van der Waals surface area contributed by atoms with Crippen molar-refractivity contribution in [1.29, 1.82) is 0 Å². The van der Waals surface area contributed by atoms with E-state index < -0.39 is 0 Å². The number of rotatable bonds is 2. The Bertz CT molecular complexity index is 442. The molecule has 0 amide bonds. The molecule has 3 heteroatoms. The maximum atomic E-state index is 4.04. The van der Waals surface area contributed by atoms with Gasteiger partial charge in [-0.1, -0.05) is 29.5 Å². The topological polar surface area (TPSA) is 30.7 Å². The second kappa shape index (κ2) is 3.01. The number of fused-ring (bicyclic) bond motifs is 1. The Morgan fingerprint density at radius 3 is 3.00 bits per heavy atom. The SMILES string of the molecule is C=C(C)Cn1nnc2ccccc21. The predicted octanol–water partition coefficient (Wildman–Crippen LogP) is 2.01. The minimum absolute atomic E-state index is 0.737. The van der Waals surface area contributed by atoms with E-state index in [0.717, 1.165) is 23.2 Å². The highest BCUT2D eigenvalue weighted by molar-refractivity contribution is 5.73. The molecule has 1 aromatic heterocycles. The molecule has 3 nitrogen and oxygen atoms in total. The molecule has 0 aliphatic heterocycles. The molecule has 13 heavy (non-hydrogen) atoms. The van der Waals surface area contributed by atoms with Crippen LogP contribution in [0.2, 0.25) is 0 Å². The summed E-state index contributed by atoms with van der Waals surface area (Å²) in [6, 6.07) is 7.91. The summed E-state index contributed by atoms with van der Waals surface area (Å²) in [6.07, 6.45) is 0. The van der Waals surface area contributed by atoms with Gasteiger partial charge in [-0.3, -0.25) is 0 Å². The van der Waals surface area contributed by atoms with E-state index in [4.69, 9.17) is 0 Å². The average molecular weight is 173 g/mol. The number of para-hydroxylation sites is 1. The summed E-state index contributed by atoms with van der Waals surface area (Å²) in [4.78, 5) is 0. The van der Waals surface area contributed by atoms with Crippen LogP contribution < -0.4 is 0 Å². The van der Waals surface area contributed by atoms with Gasteiger partial charge in [0, 0.05) is 0 Å². The van der Waals surface area contributed by atoms with E-state index in [-0.39, 0.29) is 0 Å². The van der Waals surface area contributed by atoms with Crippen LogP contribution in [0.4, 0.5) is 0 Å². The van der Waals surface area contributed by atoms with Crippen molar-refractivity contribution < 1.29 is 0 Å². The van der Waals surface area contributed by atoms with Gasteiger partial charge in [-0.2, -0.15) is 0 Å².